The first-order chi connectivity index (χ1) is 10.9. The van der Waals surface area contributed by atoms with Crippen molar-refractivity contribution in [3.63, 3.8) is 0 Å². The first-order valence-electron chi connectivity index (χ1n) is 6.07. The summed E-state index contributed by atoms with van der Waals surface area (Å²) >= 11 is 0. The number of hydrogen-bond donors (Lipinski definition) is 1. The number of rotatable bonds is 2. The number of aromatic nitrogens is 6. The van der Waals surface area contributed by atoms with Crippen molar-refractivity contribution in [2.24, 2.45) is 0 Å². The molecule has 116 valence electrons. The third kappa shape index (κ3) is 2.89. The highest BCUT2D eigenvalue weighted by molar-refractivity contribution is 5.45. The minimum atomic E-state index is -4.56. The van der Waals surface area contributed by atoms with Crippen LogP contribution in [0.2, 0.25) is 0 Å². The van der Waals surface area contributed by atoms with Gasteiger partial charge in [-0.15, -0.1) is 21.4 Å². The zero-order chi connectivity index (χ0) is 16.6. The Morgan fingerprint density at radius 2 is 2.00 bits per heavy atom. The molecule has 0 radical (unpaired) electrons. The van der Waals surface area contributed by atoms with Gasteiger partial charge in [-0.1, -0.05) is 5.92 Å². The minimum Gasteiger partial charge on any atom is -0.332 e. The first-order valence-corrected chi connectivity index (χ1v) is 6.07. The molecule has 0 fully saturated rings. The summed E-state index contributed by atoms with van der Waals surface area (Å²) in [7, 11) is 0. The normalized spacial score (nSPS) is 11.4. The minimum absolute atomic E-state index is 0.174. The van der Waals surface area contributed by atoms with Crippen LogP contribution in [0.15, 0.2) is 24.4 Å². The number of alkyl halides is 3. The summed E-state index contributed by atoms with van der Waals surface area (Å²) in [5.41, 5.74) is -0.597. The predicted molar refractivity (Wildman–Crippen MR) is 69.6 cm³/mol. The topological polar surface area (TPSA) is 72.3 Å². The summed E-state index contributed by atoms with van der Waals surface area (Å²) in [5.74, 6) is 1.27. The molecule has 0 saturated heterocycles. The molecule has 1 aromatic carbocycles. The molecule has 0 aliphatic carbocycles. The molecule has 2 aromatic heterocycles. The van der Waals surface area contributed by atoms with Crippen LogP contribution in [0.3, 0.4) is 0 Å². The number of nitrogens with zero attached hydrogens (tertiary/aromatic N) is 5. The van der Waals surface area contributed by atoms with Crippen molar-refractivity contribution in [3.8, 4) is 29.7 Å². The van der Waals surface area contributed by atoms with E-state index in [4.69, 9.17) is 6.42 Å². The fraction of sp³-hybridized carbons (Fsp3) is 0.0769. The van der Waals surface area contributed by atoms with Gasteiger partial charge in [0.2, 0.25) is 5.82 Å². The smallest absolute Gasteiger partial charge is 0.332 e. The second kappa shape index (κ2) is 5.20. The third-order valence-electron chi connectivity index (χ3n) is 2.79. The monoisotopic (exact) mass is 322 g/mol. The van der Waals surface area contributed by atoms with Crippen molar-refractivity contribution in [2.45, 2.75) is 6.18 Å². The van der Waals surface area contributed by atoms with Gasteiger partial charge in [0.25, 0.3) is 0 Å². The van der Waals surface area contributed by atoms with Crippen LogP contribution in [-0.2, 0) is 6.18 Å². The molecule has 3 aromatic rings. The Balaban J connectivity index is 1.97. The number of imidazole rings is 1. The van der Waals surface area contributed by atoms with Crippen LogP contribution in [-0.4, -0.2) is 30.2 Å². The maximum absolute atomic E-state index is 13.4. The van der Waals surface area contributed by atoms with Crippen LogP contribution in [0.4, 0.5) is 17.6 Å². The van der Waals surface area contributed by atoms with Crippen LogP contribution >= 0.6 is 0 Å². The lowest BCUT2D eigenvalue weighted by Gasteiger charge is -2.00. The molecule has 3 rings (SSSR count). The Hall–Kier alpha value is -3.22. The molecule has 1 N–H and O–H groups in total. The summed E-state index contributed by atoms with van der Waals surface area (Å²) in [5, 5.41) is 11.1. The largest absolute Gasteiger partial charge is 0.432 e. The van der Waals surface area contributed by atoms with Gasteiger partial charge >= 0.3 is 6.18 Å². The maximum Gasteiger partial charge on any atom is 0.432 e. The summed E-state index contributed by atoms with van der Waals surface area (Å²) < 4.78 is 51.0. The summed E-state index contributed by atoms with van der Waals surface area (Å²) in [6.07, 6.45) is 1.26. The van der Waals surface area contributed by atoms with Crippen molar-refractivity contribution in [3.05, 3.63) is 41.5 Å². The van der Waals surface area contributed by atoms with E-state index < -0.39 is 17.7 Å². The van der Waals surface area contributed by atoms with Crippen LogP contribution in [0.1, 0.15) is 11.3 Å². The average Bonchev–Trinajstić information content (AvgIpc) is 3.14. The molecular formula is C13H6F4N6. The molecule has 0 saturated carbocycles. The zero-order valence-corrected chi connectivity index (χ0v) is 11.1. The fourth-order valence-electron chi connectivity index (χ4n) is 1.77. The van der Waals surface area contributed by atoms with Crippen LogP contribution < -0.4 is 0 Å². The Labute approximate surface area is 126 Å². The molecule has 10 heteroatoms. The van der Waals surface area contributed by atoms with Gasteiger partial charge in [0, 0.05) is 11.6 Å². The molecule has 0 amide bonds. The Bertz CT molecular complexity index is 902. The highest BCUT2D eigenvalue weighted by Crippen LogP contribution is 2.28. The van der Waals surface area contributed by atoms with Crippen molar-refractivity contribution in [2.75, 3.05) is 0 Å². The van der Waals surface area contributed by atoms with E-state index in [1.807, 2.05) is 4.98 Å². The van der Waals surface area contributed by atoms with Gasteiger partial charge in [-0.3, -0.25) is 0 Å². The lowest BCUT2D eigenvalue weighted by Crippen LogP contribution is -2.05. The molecule has 0 unspecified atom stereocenters. The first kappa shape index (κ1) is 14.7. The molecular weight excluding hydrogens is 316 g/mol. The molecule has 6 nitrogen and oxygen atoms in total. The molecule has 0 aliphatic heterocycles. The molecule has 0 aliphatic rings. The molecule has 0 atom stereocenters. The number of hydrogen-bond acceptors (Lipinski definition) is 4. The van der Waals surface area contributed by atoms with Crippen molar-refractivity contribution >= 4 is 0 Å². The second-order valence-corrected chi connectivity index (χ2v) is 4.39. The number of halogens is 4. The van der Waals surface area contributed by atoms with Gasteiger partial charge in [0.1, 0.15) is 11.5 Å². The molecule has 23 heavy (non-hydrogen) atoms. The van der Waals surface area contributed by atoms with Crippen molar-refractivity contribution < 1.29 is 17.6 Å². The number of aromatic amines is 1. The highest BCUT2D eigenvalue weighted by Gasteiger charge is 2.33. The molecule has 0 bridgehead atoms. The van der Waals surface area contributed by atoms with Crippen molar-refractivity contribution in [1.29, 1.82) is 0 Å². The highest BCUT2D eigenvalue weighted by atomic mass is 19.4. The summed E-state index contributed by atoms with van der Waals surface area (Å²) in [6, 6.07) is 3.68. The SMILES string of the molecule is C#Cc1cc(F)cc(-n2nnc(-c3ncc(C(F)(F)F)[nH]3)n2)c1. The standard InChI is InChI=1S/C13H6F4N6/c1-2-7-3-8(14)5-9(4-7)23-21-12(20-22-23)11-18-6-10(19-11)13(15,16)17/h1,3-6H,(H,18,19). The van der Waals surface area contributed by atoms with Crippen LogP contribution in [0, 0.1) is 18.2 Å². The Morgan fingerprint density at radius 1 is 1.22 bits per heavy atom. The summed E-state index contributed by atoms with van der Waals surface area (Å²) in [4.78, 5) is 6.54. The van der Waals surface area contributed by atoms with E-state index in [0.29, 0.717) is 6.20 Å². The Kier molecular flexibility index (Phi) is 3.33. The van der Waals surface area contributed by atoms with E-state index in [0.717, 1.165) is 16.9 Å². The van der Waals surface area contributed by atoms with E-state index in [1.165, 1.54) is 6.07 Å². The van der Waals surface area contributed by atoms with E-state index in [-0.39, 0.29) is 22.9 Å². The fourth-order valence-corrected chi connectivity index (χ4v) is 1.77. The Morgan fingerprint density at radius 3 is 2.65 bits per heavy atom. The lowest BCUT2D eigenvalue weighted by atomic mass is 10.2. The predicted octanol–water partition coefficient (Wildman–Crippen LogP) is 2.19. The van der Waals surface area contributed by atoms with E-state index in [2.05, 4.69) is 26.3 Å². The van der Waals surface area contributed by atoms with Crippen LogP contribution in [0.25, 0.3) is 17.3 Å². The molecule has 0 spiro atoms. The van der Waals surface area contributed by atoms with E-state index in [1.54, 1.807) is 0 Å². The lowest BCUT2D eigenvalue weighted by molar-refractivity contribution is -0.140. The number of terminal acetylenes is 1. The quantitative estimate of drug-likeness (QED) is 0.580. The van der Waals surface area contributed by atoms with E-state index in [9.17, 15) is 17.6 Å². The van der Waals surface area contributed by atoms with E-state index >= 15 is 0 Å². The van der Waals surface area contributed by atoms with Gasteiger partial charge < -0.3 is 4.98 Å². The molecule has 2 heterocycles. The number of nitrogens with one attached hydrogen (secondary N) is 1. The zero-order valence-electron chi connectivity index (χ0n) is 11.1. The van der Waals surface area contributed by atoms with Gasteiger partial charge in [-0.25, -0.2) is 9.37 Å². The van der Waals surface area contributed by atoms with Gasteiger partial charge in [-0.05, 0) is 17.3 Å². The van der Waals surface area contributed by atoms with Crippen molar-refractivity contribution in [1.82, 2.24) is 30.2 Å². The number of H-pyrrole nitrogens is 1. The maximum atomic E-state index is 13.4. The number of benzene rings is 1. The van der Waals surface area contributed by atoms with Crippen LogP contribution in [0.5, 0.6) is 0 Å². The average molecular weight is 322 g/mol. The third-order valence-corrected chi connectivity index (χ3v) is 2.79. The second-order valence-electron chi connectivity index (χ2n) is 4.39. The van der Waals surface area contributed by atoms with Gasteiger partial charge in [-0.2, -0.15) is 13.2 Å². The van der Waals surface area contributed by atoms with Gasteiger partial charge in [0.15, 0.2) is 5.82 Å². The van der Waals surface area contributed by atoms with Gasteiger partial charge in [0.05, 0.1) is 11.9 Å². The number of tetrazole rings is 1. The summed E-state index contributed by atoms with van der Waals surface area (Å²) in [6.45, 7) is 0.